The molecule has 0 unspecified atom stereocenters. The van der Waals surface area contributed by atoms with Crippen LogP contribution in [0.5, 0.6) is 0 Å². The third-order valence-electron chi connectivity index (χ3n) is 5.27. The number of hydrogen-bond donors (Lipinski definition) is 2. The second-order valence-corrected chi connectivity index (χ2v) is 6.88. The fraction of sp³-hybridized carbons (Fsp3) is 0.588. The largest absolute Gasteiger partial charge is 0.481 e. The highest BCUT2D eigenvalue weighted by Crippen LogP contribution is 2.38. The van der Waals surface area contributed by atoms with Crippen LogP contribution in [0, 0.1) is 11.2 Å². The van der Waals surface area contributed by atoms with Crippen LogP contribution in [0.4, 0.5) is 17.6 Å². The van der Waals surface area contributed by atoms with Crippen LogP contribution in [0.15, 0.2) is 18.2 Å². The van der Waals surface area contributed by atoms with Crippen molar-refractivity contribution in [3.8, 4) is 0 Å². The Morgan fingerprint density at radius 2 is 2.16 bits per heavy atom. The highest BCUT2D eigenvalue weighted by Gasteiger charge is 2.50. The van der Waals surface area contributed by atoms with E-state index in [1.165, 1.54) is 6.07 Å². The lowest BCUT2D eigenvalue weighted by Gasteiger charge is -2.48. The van der Waals surface area contributed by atoms with Crippen LogP contribution < -0.4 is 5.32 Å². The minimum absolute atomic E-state index is 0.117. The van der Waals surface area contributed by atoms with E-state index >= 15 is 0 Å². The van der Waals surface area contributed by atoms with Gasteiger partial charge in [0.05, 0.1) is 11.0 Å². The van der Waals surface area contributed by atoms with Crippen molar-refractivity contribution in [2.24, 2.45) is 5.41 Å². The quantitative estimate of drug-likeness (QED) is 0.814. The molecule has 138 valence electrons. The molecule has 1 aromatic carbocycles. The van der Waals surface area contributed by atoms with Crippen molar-refractivity contribution in [3.63, 3.8) is 0 Å². The molecule has 2 fully saturated rings. The van der Waals surface area contributed by atoms with Crippen molar-refractivity contribution in [2.75, 3.05) is 19.6 Å². The molecular weight excluding hydrogens is 340 g/mol. The summed E-state index contributed by atoms with van der Waals surface area (Å²) in [7, 11) is 0. The first-order valence-corrected chi connectivity index (χ1v) is 8.27. The molecule has 4 nitrogen and oxygen atoms in total. The van der Waals surface area contributed by atoms with Crippen LogP contribution in [0.2, 0.25) is 0 Å². The van der Waals surface area contributed by atoms with Gasteiger partial charge >= 0.3 is 12.1 Å². The Morgan fingerprint density at radius 1 is 1.40 bits per heavy atom. The SMILES string of the molecule is O=C(O)[C@]12CCCN[C@@H]1CCN(Cc1ccc(F)c(C(F)(F)F)c1)C2. The lowest BCUT2D eigenvalue weighted by atomic mass is 9.70. The molecule has 2 aliphatic rings. The van der Waals surface area contributed by atoms with Gasteiger partial charge in [-0.05, 0) is 43.5 Å². The Morgan fingerprint density at radius 3 is 2.84 bits per heavy atom. The van der Waals surface area contributed by atoms with Gasteiger partial charge in [0, 0.05) is 25.7 Å². The fourth-order valence-corrected chi connectivity index (χ4v) is 4.01. The van der Waals surface area contributed by atoms with Gasteiger partial charge < -0.3 is 10.4 Å². The zero-order valence-electron chi connectivity index (χ0n) is 13.6. The maximum absolute atomic E-state index is 13.4. The zero-order valence-corrected chi connectivity index (χ0v) is 13.6. The summed E-state index contributed by atoms with van der Waals surface area (Å²) in [5.41, 5.74) is -1.87. The molecule has 0 saturated carbocycles. The average molecular weight is 360 g/mol. The highest BCUT2D eigenvalue weighted by molar-refractivity contribution is 5.76. The number of carboxylic acids is 1. The normalized spacial score (nSPS) is 27.8. The number of carbonyl (C=O) groups is 1. The number of alkyl halides is 3. The van der Waals surface area contributed by atoms with Gasteiger partial charge in [-0.1, -0.05) is 6.07 Å². The van der Waals surface area contributed by atoms with Crippen LogP contribution >= 0.6 is 0 Å². The van der Waals surface area contributed by atoms with Crippen molar-refractivity contribution in [2.45, 2.75) is 38.0 Å². The summed E-state index contributed by atoms with van der Waals surface area (Å²) < 4.78 is 52.0. The van der Waals surface area contributed by atoms with E-state index in [1.54, 1.807) is 0 Å². The molecule has 3 rings (SSSR count). The van der Waals surface area contributed by atoms with Gasteiger partial charge in [-0.3, -0.25) is 9.69 Å². The van der Waals surface area contributed by atoms with Crippen molar-refractivity contribution in [1.82, 2.24) is 10.2 Å². The fourth-order valence-electron chi connectivity index (χ4n) is 4.01. The van der Waals surface area contributed by atoms with E-state index in [0.29, 0.717) is 24.9 Å². The van der Waals surface area contributed by atoms with Crippen LogP contribution in [-0.4, -0.2) is 41.7 Å². The van der Waals surface area contributed by atoms with Crippen LogP contribution in [0.3, 0.4) is 0 Å². The van der Waals surface area contributed by atoms with Crippen molar-refractivity contribution >= 4 is 5.97 Å². The summed E-state index contributed by atoms with van der Waals surface area (Å²) in [5.74, 6) is -2.17. The molecule has 2 atom stereocenters. The lowest BCUT2D eigenvalue weighted by molar-refractivity contribution is -0.157. The van der Waals surface area contributed by atoms with Gasteiger partial charge in [-0.25, -0.2) is 4.39 Å². The maximum atomic E-state index is 13.4. The van der Waals surface area contributed by atoms with E-state index < -0.39 is 28.9 Å². The Kier molecular flexibility index (Phi) is 4.76. The van der Waals surface area contributed by atoms with E-state index in [0.717, 1.165) is 25.1 Å². The summed E-state index contributed by atoms with van der Waals surface area (Å²) in [5, 5.41) is 13.0. The van der Waals surface area contributed by atoms with E-state index in [1.807, 2.05) is 4.90 Å². The predicted octanol–water partition coefficient (Wildman–Crippen LogP) is 2.87. The summed E-state index contributed by atoms with van der Waals surface area (Å²) in [4.78, 5) is 13.7. The Bertz CT molecular complexity index is 665. The second kappa shape index (κ2) is 6.57. The van der Waals surface area contributed by atoms with E-state index in [4.69, 9.17) is 0 Å². The standard InChI is InChI=1S/C17H20F4N2O2/c18-13-3-2-11(8-12(13)17(19,20)21)9-23-7-4-14-16(10-23,15(24)25)5-1-6-22-14/h2-3,8,14,22H,1,4-7,9-10H2,(H,24,25)/t14-,16+/m1/s1. The Balaban J connectivity index is 1.79. The van der Waals surface area contributed by atoms with Gasteiger partial charge in [-0.15, -0.1) is 0 Å². The number of nitrogens with zero attached hydrogens (tertiary/aromatic N) is 1. The molecular formula is C17H20F4N2O2. The molecule has 2 aliphatic heterocycles. The minimum Gasteiger partial charge on any atom is -0.481 e. The average Bonchev–Trinajstić information content (AvgIpc) is 2.55. The van der Waals surface area contributed by atoms with E-state index in [-0.39, 0.29) is 19.1 Å². The van der Waals surface area contributed by atoms with E-state index in [2.05, 4.69) is 5.32 Å². The topological polar surface area (TPSA) is 52.6 Å². The molecule has 8 heteroatoms. The number of nitrogens with one attached hydrogen (secondary N) is 1. The monoisotopic (exact) mass is 360 g/mol. The summed E-state index contributed by atoms with van der Waals surface area (Å²) in [6.45, 7) is 1.82. The molecule has 2 saturated heterocycles. The molecule has 0 aliphatic carbocycles. The van der Waals surface area contributed by atoms with Crippen LogP contribution in [-0.2, 0) is 17.5 Å². The number of halogens is 4. The minimum atomic E-state index is -4.75. The third kappa shape index (κ3) is 3.50. The van der Waals surface area contributed by atoms with Crippen molar-refractivity contribution in [1.29, 1.82) is 0 Å². The molecule has 25 heavy (non-hydrogen) atoms. The number of carboxylic acid groups (broad SMARTS) is 1. The first kappa shape index (κ1) is 18.1. The van der Waals surface area contributed by atoms with Gasteiger partial charge in [-0.2, -0.15) is 13.2 Å². The number of fused-ring (bicyclic) bond motifs is 1. The van der Waals surface area contributed by atoms with Gasteiger partial charge in [0.15, 0.2) is 0 Å². The number of hydrogen-bond acceptors (Lipinski definition) is 3. The summed E-state index contributed by atoms with van der Waals surface area (Å²) in [6.07, 6.45) is -2.82. The van der Waals surface area contributed by atoms with Gasteiger partial charge in [0.25, 0.3) is 0 Å². The zero-order chi connectivity index (χ0) is 18.2. The van der Waals surface area contributed by atoms with Gasteiger partial charge in [0.1, 0.15) is 5.82 Å². The molecule has 1 aromatic rings. The highest BCUT2D eigenvalue weighted by atomic mass is 19.4. The molecule has 0 spiro atoms. The number of benzene rings is 1. The first-order chi connectivity index (χ1) is 11.7. The van der Waals surface area contributed by atoms with Crippen LogP contribution in [0.1, 0.15) is 30.4 Å². The molecule has 0 bridgehead atoms. The number of rotatable bonds is 3. The maximum Gasteiger partial charge on any atom is 0.419 e. The molecule has 0 aromatic heterocycles. The number of piperidine rings is 2. The lowest BCUT2D eigenvalue weighted by Crippen LogP contribution is -2.62. The molecule has 0 amide bonds. The Labute approximate surface area is 142 Å². The number of likely N-dealkylation sites (tertiary alicyclic amines) is 1. The third-order valence-corrected chi connectivity index (χ3v) is 5.27. The van der Waals surface area contributed by atoms with Crippen molar-refractivity contribution in [3.05, 3.63) is 35.1 Å². The van der Waals surface area contributed by atoms with E-state index in [9.17, 15) is 27.5 Å². The Hall–Kier alpha value is -1.67. The predicted molar refractivity (Wildman–Crippen MR) is 82.4 cm³/mol. The second-order valence-electron chi connectivity index (χ2n) is 6.88. The smallest absolute Gasteiger partial charge is 0.419 e. The van der Waals surface area contributed by atoms with Gasteiger partial charge in [0.2, 0.25) is 0 Å². The van der Waals surface area contributed by atoms with Crippen LogP contribution in [0.25, 0.3) is 0 Å². The molecule has 2 heterocycles. The summed E-state index contributed by atoms with van der Waals surface area (Å²) >= 11 is 0. The molecule has 2 N–H and O–H groups in total. The number of aliphatic carboxylic acids is 1. The molecule has 0 radical (unpaired) electrons. The van der Waals surface area contributed by atoms with Crippen molar-refractivity contribution < 1.29 is 27.5 Å². The first-order valence-electron chi connectivity index (χ1n) is 8.27. The summed E-state index contributed by atoms with van der Waals surface area (Å²) in [6, 6.07) is 2.84.